The molecule has 2 heterocycles. The summed E-state index contributed by atoms with van der Waals surface area (Å²) in [6.45, 7) is 2.74. The Kier molecular flexibility index (Phi) is 6.85. The lowest BCUT2D eigenvalue weighted by Crippen LogP contribution is -2.45. The van der Waals surface area contributed by atoms with Crippen molar-refractivity contribution in [3.63, 3.8) is 0 Å². The van der Waals surface area contributed by atoms with Gasteiger partial charge in [-0.3, -0.25) is 9.29 Å². The first-order valence-corrected chi connectivity index (χ1v) is 12.4. The van der Waals surface area contributed by atoms with Crippen LogP contribution < -0.4 is 4.31 Å². The van der Waals surface area contributed by atoms with Crippen LogP contribution in [0.4, 0.5) is 10.5 Å². The summed E-state index contributed by atoms with van der Waals surface area (Å²) in [5.41, 5.74) is 2.32. The van der Waals surface area contributed by atoms with E-state index in [2.05, 4.69) is 4.98 Å². The maximum absolute atomic E-state index is 13.4. The number of aromatic nitrogens is 1. The van der Waals surface area contributed by atoms with Crippen LogP contribution in [0.2, 0.25) is 5.02 Å². The first-order chi connectivity index (χ1) is 15.9. The van der Waals surface area contributed by atoms with Gasteiger partial charge >= 0.3 is 6.09 Å². The largest absolute Gasteiger partial charge is 0.444 e. The fourth-order valence-electron chi connectivity index (χ4n) is 3.79. The topological polar surface area (TPSA) is 79.8 Å². The van der Waals surface area contributed by atoms with Crippen molar-refractivity contribution in [2.75, 3.05) is 17.4 Å². The number of nitrogens with zero attached hydrogens (tertiary/aromatic N) is 3. The SMILES string of the molecule is CCN(Cc1ccncc1)C(=O)O[C@@H]1Cc2ccccc2N(S(=O)(=O)c2ccc(Cl)cc2)C1. The molecule has 9 heteroatoms. The number of sulfonamides is 1. The van der Waals surface area contributed by atoms with Gasteiger partial charge in [0.05, 0.1) is 17.1 Å². The molecule has 1 aromatic heterocycles. The molecular formula is C24H24ClN3O4S. The molecular weight excluding hydrogens is 462 g/mol. The van der Waals surface area contributed by atoms with E-state index in [1.165, 1.54) is 16.4 Å². The Morgan fingerprint density at radius 3 is 2.52 bits per heavy atom. The van der Waals surface area contributed by atoms with Gasteiger partial charge < -0.3 is 9.64 Å². The molecule has 0 radical (unpaired) electrons. The molecule has 172 valence electrons. The highest BCUT2D eigenvalue weighted by atomic mass is 35.5. The number of carbonyl (C=O) groups excluding carboxylic acids is 1. The lowest BCUT2D eigenvalue weighted by atomic mass is 10.0. The molecule has 0 spiro atoms. The Morgan fingerprint density at radius 1 is 1.12 bits per heavy atom. The van der Waals surface area contributed by atoms with E-state index in [1.54, 1.807) is 41.6 Å². The van der Waals surface area contributed by atoms with Crippen LogP contribution in [0, 0.1) is 0 Å². The van der Waals surface area contributed by atoms with Gasteiger partial charge in [0, 0.05) is 36.9 Å². The predicted molar refractivity (Wildman–Crippen MR) is 127 cm³/mol. The van der Waals surface area contributed by atoms with Crippen LogP contribution in [-0.2, 0) is 27.7 Å². The Balaban J connectivity index is 1.57. The van der Waals surface area contributed by atoms with Crippen molar-refractivity contribution in [1.82, 2.24) is 9.88 Å². The lowest BCUT2D eigenvalue weighted by molar-refractivity contribution is 0.0643. The molecule has 7 nitrogen and oxygen atoms in total. The van der Waals surface area contributed by atoms with Gasteiger partial charge in [0.25, 0.3) is 10.0 Å². The molecule has 0 saturated heterocycles. The van der Waals surface area contributed by atoms with E-state index in [4.69, 9.17) is 16.3 Å². The molecule has 0 unspecified atom stereocenters. The third-order valence-electron chi connectivity index (χ3n) is 5.51. The van der Waals surface area contributed by atoms with Crippen molar-refractivity contribution in [2.45, 2.75) is 30.9 Å². The molecule has 1 aliphatic heterocycles. The number of pyridine rings is 1. The van der Waals surface area contributed by atoms with Crippen LogP contribution >= 0.6 is 11.6 Å². The standard InChI is InChI=1S/C24H24ClN3O4S/c1-2-27(16-18-11-13-26-14-12-18)24(29)32-21-15-19-5-3-4-6-23(19)28(17-21)33(30,31)22-9-7-20(25)8-10-22/h3-14,21H,2,15-17H2,1H3/t21-/m1/s1. The highest BCUT2D eigenvalue weighted by Gasteiger charge is 2.35. The summed E-state index contributed by atoms with van der Waals surface area (Å²) in [7, 11) is -3.87. The first kappa shape index (κ1) is 23.1. The van der Waals surface area contributed by atoms with Crippen molar-refractivity contribution in [3.05, 3.63) is 89.2 Å². The third-order valence-corrected chi connectivity index (χ3v) is 7.56. The van der Waals surface area contributed by atoms with Crippen molar-refractivity contribution in [2.24, 2.45) is 0 Å². The van der Waals surface area contributed by atoms with Crippen LogP contribution in [0.15, 0.2) is 78.0 Å². The number of carbonyl (C=O) groups is 1. The summed E-state index contributed by atoms with van der Waals surface area (Å²) in [6.07, 6.45) is 2.67. The minimum absolute atomic E-state index is 0.0283. The summed E-state index contributed by atoms with van der Waals surface area (Å²) >= 11 is 5.94. The van der Waals surface area contributed by atoms with Crippen molar-refractivity contribution in [1.29, 1.82) is 0 Å². The number of rotatable bonds is 6. The predicted octanol–water partition coefficient (Wildman–Crippen LogP) is 4.51. The van der Waals surface area contributed by atoms with Gasteiger partial charge in [0.15, 0.2) is 0 Å². The zero-order chi connectivity index (χ0) is 23.4. The number of hydrogen-bond donors (Lipinski definition) is 0. The van der Waals surface area contributed by atoms with Gasteiger partial charge in [-0.25, -0.2) is 13.2 Å². The summed E-state index contributed by atoms with van der Waals surface area (Å²) in [5.74, 6) is 0. The molecule has 4 rings (SSSR count). The fourth-order valence-corrected chi connectivity index (χ4v) is 5.45. The minimum atomic E-state index is -3.87. The Labute approximate surface area is 198 Å². The number of anilines is 1. The highest BCUT2D eigenvalue weighted by Crippen LogP contribution is 2.33. The molecule has 2 aromatic carbocycles. The van der Waals surface area contributed by atoms with E-state index in [0.29, 0.717) is 30.2 Å². The monoisotopic (exact) mass is 485 g/mol. The molecule has 0 aliphatic carbocycles. The van der Waals surface area contributed by atoms with Crippen LogP contribution in [0.5, 0.6) is 0 Å². The van der Waals surface area contributed by atoms with Gasteiger partial charge in [0.1, 0.15) is 6.10 Å². The molecule has 0 N–H and O–H groups in total. The van der Waals surface area contributed by atoms with Crippen molar-refractivity contribution >= 4 is 33.4 Å². The normalized spacial score (nSPS) is 15.6. The average Bonchev–Trinajstić information content (AvgIpc) is 2.83. The molecule has 1 amide bonds. The summed E-state index contributed by atoms with van der Waals surface area (Å²) in [6, 6.07) is 17.0. The second-order valence-electron chi connectivity index (χ2n) is 7.70. The average molecular weight is 486 g/mol. The van der Waals surface area contributed by atoms with Crippen molar-refractivity contribution in [3.8, 4) is 0 Å². The fraction of sp³-hybridized carbons (Fsp3) is 0.250. The number of hydrogen-bond acceptors (Lipinski definition) is 5. The van der Waals surface area contributed by atoms with Gasteiger partial charge in [-0.05, 0) is 60.5 Å². The number of benzene rings is 2. The molecule has 1 atom stereocenters. The maximum atomic E-state index is 13.4. The number of halogens is 1. The number of ether oxygens (including phenoxy) is 1. The van der Waals surface area contributed by atoms with Gasteiger partial charge in [-0.2, -0.15) is 0 Å². The summed E-state index contributed by atoms with van der Waals surface area (Å²) in [5, 5.41) is 0.452. The molecule has 0 fully saturated rings. The zero-order valence-electron chi connectivity index (χ0n) is 18.1. The van der Waals surface area contributed by atoms with E-state index in [0.717, 1.165) is 11.1 Å². The maximum Gasteiger partial charge on any atom is 0.410 e. The van der Waals surface area contributed by atoms with Crippen LogP contribution in [-0.4, -0.2) is 43.6 Å². The number of amides is 1. The molecule has 0 saturated carbocycles. The quantitative estimate of drug-likeness (QED) is 0.513. The first-order valence-electron chi connectivity index (χ1n) is 10.6. The third kappa shape index (κ3) is 5.12. The highest BCUT2D eigenvalue weighted by molar-refractivity contribution is 7.92. The van der Waals surface area contributed by atoms with E-state index < -0.39 is 22.2 Å². The van der Waals surface area contributed by atoms with E-state index in [9.17, 15) is 13.2 Å². The Morgan fingerprint density at radius 2 is 1.82 bits per heavy atom. The van der Waals surface area contributed by atoms with Crippen LogP contribution in [0.25, 0.3) is 0 Å². The lowest BCUT2D eigenvalue weighted by Gasteiger charge is -2.35. The van der Waals surface area contributed by atoms with Crippen LogP contribution in [0.3, 0.4) is 0 Å². The summed E-state index contributed by atoms with van der Waals surface area (Å²) in [4.78, 5) is 18.6. The molecule has 1 aliphatic rings. The second-order valence-corrected chi connectivity index (χ2v) is 10.00. The van der Waals surface area contributed by atoms with E-state index in [-0.39, 0.29) is 11.4 Å². The van der Waals surface area contributed by atoms with Gasteiger partial charge in [-0.1, -0.05) is 29.8 Å². The molecule has 3 aromatic rings. The minimum Gasteiger partial charge on any atom is -0.444 e. The molecule has 33 heavy (non-hydrogen) atoms. The van der Waals surface area contributed by atoms with Crippen molar-refractivity contribution < 1.29 is 17.9 Å². The smallest absolute Gasteiger partial charge is 0.410 e. The van der Waals surface area contributed by atoms with Gasteiger partial charge in [0.2, 0.25) is 0 Å². The number of para-hydroxylation sites is 1. The zero-order valence-corrected chi connectivity index (χ0v) is 19.7. The van der Waals surface area contributed by atoms with E-state index in [1.807, 2.05) is 31.2 Å². The molecule has 0 bridgehead atoms. The van der Waals surface area contributed by atoms with E-state index >= 15 is 0 Å². The van der Waals surface area contributed by atoms with Gasteiger partial charge in [-0.15, -0.1) is 0 Å². The summed E-state index contributed by atoms with van der Waals surface area (Å²) < 4.78 is 34.0. The Hall–Kier alpha value is -3.10. The van der Waals surface area contributed by atoms with Crippen LogP contribution in [0.1, 0.15) is 18.1 Å². The second kappa shape index (κ2) is 9.80. The number of fused-ring (bicyclic) bond motifs is 1. The Bertz CT molecular complexity index is 1220.